The molecule has 0 saturated heterocycles. The van der Waals surface area contributed by atoms with Gasteiger partial charge >= 0.3 is 0 Å². The van der Waals surface area contributed by atoms with Crippen molar-refractivity contribution in [3.63, 3.8) is 0 Å². The van der Waals surface area contributed by atoms with Crippen LogP contribution in [0.5, 0.6) is 0 Å². The number of carbonyl (C=O) groups is 1. The summed E-state index contributed by atoms with van der Waals surface area (Å²) in [7, 11) is -3.83. The molecule has 0 aliphatic carbocycles. The lowest BCUT2D eigenvalue weighted by atomic mass is 10.2. The van der Waals surface area contributed by atoms with Crippen LogP contribution in [0.15, 0.2) is 88.9 Å². The van der Waals surface area contributed by atoms with Gasteiger partial charge in [-0.05, 0) is 30.3 Å². The number of fused-ring (bicyclic) bond motifs is 1. The third-order valence-electron chi connectivity index (χ3n) is 4.44. The first-order valence-corrected chi connectivity index (χ1v) is 11.8. The van der Waals surface area contributed by atoms with Crippen molar-refractivity contribution in [2.75, 3.05) is 11.1 Å². The maximum absolute atomic E-state index is 12.4. The molecule has 31 heavy (non-hydrogen) atoms. The van der Waals surface area contributed by atoms with Gasteiger partial charge in [0.1, 0.15) is 5.82 Å². The summed E-state index contributed by atoms with van der Waals surface area (Å²) in [6.07, 6.45) is 0. The summed E-state index contributed by atoms with van der Waals surface area (Å²) >= 11 is 1.24. The molecule has 7 nitrogen and oxygen atoms in total. The van der Waals surface area contributed by atoms with Crippen molar-refractivity contribution >= 4 is 50.0 Å². The number of thioether (sulfide) groups is 1. The van der Waals surface area contributed by atoms with Gasteiger partial charge in [0, 0.05) is 16.6 Å². The van der Waals surface area contributed by atoms with E-state index in [0.717, 1.165) is 5.39 Å². The quantitative estimate of drug-likeness (QED) is 0.248. The van der Waals surface area contributed by atoms with Gasteiger partial charge in [-0.2, -0.15) is 0 Å². The third-order valence-corrected chi connectivity index (χ3v) is 6.19. The standard InChI is InChI=1S/C22H18N4O3S2/c23-31(28,29)17-10-6-9-16(13-17)24-21-18-11-4-5-12-19(18)25-22(26-21)30-14-20(27)15-7-2-1-3-8-15/h1-13H,14H2,(H2,23,28,29)(H,24,25,26). The van der Waals surface area contributed by atoms with E-state index >= 15 is 0 Å². The molecule has 1 aromatic heterocycles. The van der Waals surface area contributed by atoms with E-state index in [4.69, 9.17) is 5.14 Å². The maximum Gasteiger partial charge on any atom is 0.238 e. The van der Waals surface area contributed by atoms with Crippen LogP contribution in [0.25, 0.3) is 10.9 Å². The fourth-order valence-corrected chi connectivity index (χ4v) is 4.25. The van der Waals surface area contributed by atoms with E-state index in [1.165, 1.54) is 23.9 Å². The molecule has 3 N–H and O–H groups in total. The van der Waals surface area contributed by atoms with Gasteiger partial charge < -0.3 is 5.32 Å². The highest BCUT2D eigenvalue weighted by molar-refractivity contribution is 7.99. The van der Waals surface area contributed by atoms with Crippen molar-refractivity contribution in [1.29, 1.82) is 0 Å². The van der Waals surface area contributed by atoms with E-state index in [1.54, 1.807) is 24.3 Å². The zero-order valence-corrected chi connectivity index (χ0v) is 17.9. The number of Topliss-reactive ketones (excluding diaryl/α,β-unsaturated/α-hetero) is 1. The van der Waals surface area contributed by atoms with Crippen LogP contribution in [-0.2, 0) is 10.0 Å². The van der Waals surface area contributed by atoms with E-state index in [-0.39, 0.29) is 16.4 Å². The maximum atomic E-state index is 12.4. The smallest absolute Gasteiger partial charge is 0.238 e. The molecule has 0 radical (unpaired) electrons. The molecular weight excluding hydrogens is 432 g/mol. The van der Waals surface area contributed by atoms with Crippen molar-refractivity contribution in [3.05, 3.63) is 84.4 Å². The summed E-state index contributed by atoms with van der Waals surface area (Å²) < 4.78 is 23.3. The average Bonchev–Trinajstić information content (AvgIpc) is 2.78. The molecule has 0 atom stereocenters. The van der Waals surface area contributed by atoms with Crippen LogP contribution in [0, 0.1) is 0 Å². The summed E-state index contributed by atoms with van der Waals surface area (Å²) in [5.41, 5.74) is 1.86. The Hall–Kier alpha value is -3.27. The number of ketones is 1. The Bertz CT molecular complexity index is 1360. The van der Waals surface area contributed by atoms with E-state index in [2.05, 4.69) is 15.3 Å². The lowest BCUT2D eigenvalue weighted by molar-refractivity contribution is 0.102. The van der Waals surface area contributed by atoms with E-state index < -0.39 is 10.0 Å². The molecular formula is C22H18N4O3S2. The minimum absolute atomic E-state index is 0.00100. The first-order valence-electron chi connectivity index (χ1n) is 9.28. The molecule has 0 fully saturated rings. The first kappa shape index (κ1) is 21.0. The zero-order valence-electron chi connectivity index (χ0n) is 16.2. The van der Waals surface area contributed by atoms with E-state index in [1.807, 2.05) is 42.5 Å². The van der Waals surface area contributed by atoms with Gasteiger partial charge in [0.2, 0.25) is 10.0 Å². The molecule has 1 heterocycles. The van der Waals surface area contributed by atoms with Crippen LogP contribution < -0.4 is 10.5 Å². The summed E-state index contributed by atoms with van der Waals surface area (Å²) in [6.45, 7) is 0. The van der Waals surface area contributed by atoms with Gasteiger partial charge in [-0.1, -0.05) is 60.3 Å². The van der Waals surface area contributed by atoms with Gasteiger partial charge in [-0.3, -0.25) is 4.79 Å². The molecule has 0 amide bonds. The first-order chi connectivity index (χ1) is 14.9. The topological polar surface area (TPSA) is 115 Å². The zero-order chi connectivity index (χ0) is 21.8. The Labute approximate surface area is 183 Å². The number of sulfonamides is 1. The second-order valence-electron chi connectivity index (χ2n) is 6.65. The van der Waals surface area contributed by atoms with Crippen molar-refractivity contribution in [2.24, 2.45) is 5.14 Å². The molecule has 0 spiro atoms. The SMILES string of the molecule is NS(=O)(=O)c1cccc(Nc2nc(SCC(=O)c3ccccc3)nc3ccccc23)c1. The predicted molar refractivity (Wildman–Crippen MR) is 122 cm³/mol. The second kappa shape index (κ2) is 8.84. The molecule has 0 unspecified atom stereocenters. The lowest BCUT2D eigenvalue weighted by Gasteiger charge is -2.11. The Balaban J connectivity index is 1.63. The number of nitrogens with one attached hydrogen (secondary N) is 1. The number of primary sulfonamides is 1. The van der Waals surface area contributed by atoms with Crippen molar-refractivity contribution in [3.8, 4) is 0 Å². The number of anilines is 2. The molecule has 3 aromatic carbocycles. The van der Waals surface area contributed by atoms with Crippen molar-refractivity contribution in [2.45, 2.75) is 10.1 Å². The monoisotopic (exact) mass is 450 g/mol. The van der Waals surface area contributed by atoms with Gasteiger partial charge in [0.05, 0.1) is 16.2 Å². The van der Waals surface area contributed by atoms with Crippen LogP contribution in [0.3, 0.4) is 0 Å². The van der Waals surface area contributed by atoms with Gasteiger partial charge in [-0.25, -0.2) is 23.5 Å². The Kier molecular flexibility index (Phi) is 5.99. The van der Waals surface area contributed by atoms with E-state index in [0.29, 0.717) is 27.7 Å². The summed E-state index contributed by atoms with van der Waals surface area (Å²) in [4.78, 5) is 21.5. The Morgan fingerprint density at radius 3 is 2.45 bits per heavy atom. The van der Waals surface area contributed by atoms with E-state index in [9.17, 15) is 13.2 Å². The third kappa shape index (κ3) is 5.08. The summed E-state index contributed by atoms with van der Waals surface area (Å²) in [5, 5.41) is 9.59. The molecule has 4 aromatic rings. The minimum atomic E-state index is -3.83. The molecule has 0 saturated carbocycles. The Morgan fingerprint density at radius 1 is 0.935 bits per heavy atom. The Morgan fingerprint density at radius 2 is 1.68 bits per heavy atom. The van der Waals surface area contributed by atoms with Gasteiger partial charge in [0.25, 0.3) is 0 Å². The van der Waals surface area contributed by atoms with Crippen LogP contribution in [0.1, 0.15) is 10.4 Å². The molecule has 0 aliphatic rings. The van der Waals surface area contributed by atoms with Crippen molar-refractivity contribution in [1.82, 2.24) is 9.97 Å². The average molecular weight is 451 g/mol. The second-order valence-corrected chi connectivity index (χ2v) is 9.15. The molecule has 9 heteroatoms. The number of benzene rings is 3. The van der Waals surface area contributed by atoms with Crippen LogP contribution in [0.4, 0.5) is 11.5 Å². The predicted octanol–water partition coefficient (Wildman–Crippen LogP) is 4.00. The summed E-state index contributed by atoms with van der Waals surface area (Å²) in [6, 6.07) is 22.7. The largest absolute Gasteiger partial charge is 0.340 e. The number of carbonyl (C=O) groups excluding carboxylic acids is 1. The molecule has 156 valence electrons. The number of rotatable bonds is 7. The van der Waals surface area contributed by atoms with Crippen LogP contribution in [-0.4, -0.2) is 29.9 Å². The highest BCUT2D eigenvalue weighted by Crippen LogP contribution is 2.28. The van der Waals surface area contributed by atoms with Gasteiger partial charge in [-0.15, -0.1) is 0 Å². The number of para-hydroxylation sites is 1. The minimum Gasteiger partial charge on any atom is -0.340 e. The number of hydrogen-bond acceptors (Lipinski definition) is 7. The number of nitrogens with zero attached hydrogens (tertiary/aromatic N) is 2. The molecule has 0 bridgehead atoms. The highest BCUT2D eigenvalue weighted by atomic mass is 32.2. The number of aromatic nitrogens is 2. The fraction of sp³-hybridized carbons (Fsp3) is 0.0455. The summed E-state index contributed by atoms with van der Waals surface area (Å²) in [5.74, 6) is 0.687. The number of hydrogen-bond donors (Lipinski definition) is 2. The van der Waals surface area contributed by atoms with Crippen LogP contribution in [0.2, 0.25) is 0 Å². The van der Waals surface area contributed by atoms with Gasteiger partial charge in [0.15, 0.2) is 10.9 Å². The number of nitrogens with two attached hydrogens (primary N) is 1. The van der Waals surface area contributed by atoms with Crippen LogP contribution >= 0.6 is 11.8 Å². The fourth-order valence-electron chi connectivity index (χ4n) is 2.94. The molecule has 0 aliphatic heterocycles. The normalized spacial score (nSPS) is 11.4. The van der Waals surface area contributed by atoms with Crippen molar-refractivity contribution < 1.29 is 13.2 Å². The lowest BCUT2D eigenvalue weighted by Crippen LogP contribution is -2.12. The highest BCUT2D eigenvalue weighted by Gasteiger charge is 2.13. The molecule has 4 rings (SSSR count).